The van der Waals surface area contributed by atoms with Gasteiger partial charge in [0.2, 0.25) is 11.9 Å². The van der Waals surface area contributed by atoms with Crippen LogP contribution in [0.4, 0.5) is 27.9 Å². The van der Waals surface area contributed by atoms with E-state index in [1.807, 2.05) is 4.90 Å². The molecule has 3 aromatic rings. The number of phenolic OH excluding ortho intramolecular Hbond substituents is 1. The minimum atomic E-state index is -5.15. The zero-order chi connectivity index (χ0) is 24.4. The lowest BCUT2D eigenvalue weighted by atomic mass is 9.77. The molecule has 0 radical (unpaired) electrons. The fourth-order valence-corrected chi connectivity index (χ4v) is 4.71. The van der Waals surface area contributed by atoms with Crippen LogP contribution in [0.25, 0.3) is 22.3 Å². The van der Waals surface area contributed by atoms with E-state index in [1.165, 1.54) is 17.9 Å². The minimum absolute atomic E-state index is 0.0580. The topological polar surface area (TPSA) is 96.2 Å². The van der Waals surface area contributed by atoms with Crippen LogP contribution in [0.3, 0.4) is 0 Å². The zero-order valence-electron chi connectivity index (χ0n) is 17.9. The van der Waals surface area contributed by atoms with E-state index >= 15 is 0 Å². The molecule has 1 amide bonds. The summed E-state index contributed by atoms with van der Waals surface area (Å²) in [7, 11) is 1.47. The first-order valence-electron chi connectivity index (χ1n) is 10.5. The second-order valence-corrected chi connectivity index (χ2v) is 8.60. The number of nitrogens with zero attached hydrogens (tertiary/aromatic N) is 5. The van der Waals surface area contributed by atoms with Crippen LogP contribution >= 0.6 is 0 Å². The van der Waals surface area contributed by atoms with E-state index in [2.05, 4.69) is 20.4 Å². The first kappa shape index (κ1) is 22.3. The number of aryl methyl sites for hydroxylation is 1. The van der Waals surface area contributed by atoms with Crippen molar-refractivity contribution in [2.45, 2.75) is 25.4 Å². The van der Waals surface area contributed by atoms with Gasteiger partial charge in [-0.2, -0.15) is 23.3 Å². The molecule has 0 saturated carbocycles. The quantitative estimate of drug-likeness (QED) is 0.545. The fourth-order valence-electron chi connectivity index (χ4n) is 4.71. The predicted molar refractivity (Wildman–Crippen MR) is 110 cm³/mol. The number of piperidine rings is 1. The van der Waals surface area contributed by atoms with Crippen LogP contribution in [0.15, 0.2) is 12.3 Å². The summed E-state index contributed by atoms with van der Waals surface area (Å²) in [6.07, 6.45) is -1.80. The average molecular weight is 482 g/mol. The molecule has 5 rings (SSSR count). The van der Waals surface area contributed by atoms with Crippen molar-refractivity contribution in [1.29, 1.82) is 0 Å². The van der Waals surface area contributed by atoms with Crippen LogP contribution in [0.5, 0.6) is 5.75 Å². The number of phenols is 1. The molecule has 0 aliphatic carbocycles. The molecule has 0 bridgehead atoms. The van der Waals surface area contributed by atoms with Gasteiger partial charge in [-0.15, -0.1) is 0 Å². The van der Waals surface area contributed by atoms with Gasteiger partial charge in [0.25, 0.3) is 0 Å². The summed E-state index contributed by atoms with van der Waals surface area (Å²) in [6, 6.07) is 0.275. The molecule has 2 fully saturated rings. The molecule has 8 nitrogen and oxygen atoms in total. The number of alkyl halides is 3. The van der Waals surface area contributed by atoms with Crippen LogP contribution in [-0.2, 0) is 18.0 Å². The van der Waals surface area contributed by atoms with Crippen LogP contribution in [0.2, 0.25) is 0 Å². The van der Waals surface area contributed by atoms with Crippen molar-refractivity contribution in [3.8, 4) is 17.0 Å². The minimum Gasteiger partial charge on any atom is -0.503 e. The number of hydrogen-bond donors (Lipinski definition) is 2. The van der Waals surface area contributed by atoms with Gasteiger partial charge in [0.05, 0.1) is 16.4 Å². The number of carbonyl (C=O) groups excluding carboxylic acids is 1. The van der Waals surface area contributed by atoms with E-state index in [0.717, 1.165) is 6.42 Å². The third kappa shape index (κ3) is 3.32. The van der Waals surface area contributed by atoms with Crippen LogP contribution < -0.4 is 10.2 Å². The molecule has 13 heteroatoms. The Hall–Kier alpha value is -3.51. The molecule has 34 heavy (non-hydrogen) atoms. The summed E-state index contributed by atoms with van der Waals surface area (Å²) in [5.74, 6) is -4.99. The maximum Gasteiger partial charge on any atom is 0.419 e. The van der Waals surface area contributed by atoms with Gasteiger partial charge in [-0.1, -0.05) is 0 Å². The van der Waals surface area contributed by atoms with E-state index in [1.54, 1.807) is 0 Å². The number of anilines is 1. The highest BCUT2D eigenvalue weighted by Gasteiger charge is 2.44. The van der Waals surface area contributed by atoms with Gasteiger partial charge in [0.1, 0.15) is 5.69 Å². The normalized spacial score (nSPS) is 18.2. The number of rotatable bonds is 2. The molecule has 1 spiro atoms. The van der Waals surface area contributed by atoms with Crippen molar-refractivity contribution in [1.82, 2.24) is 25.1 Å². The third-order valence-corrected chi connectivity index (χ3v) is 6.68. The number of carbonyl (C=O) groups is 1. The van der Waals surface area contributed by atoms with Gasteiger partial charge in [-0.3, -0.25) is 4.79 Å². The van der Waals surface area contributed by atoms with Gasteiger partial charge in [0.15, 0.2) is 23.0 Å². The standard InChI is InChI=1S/C21H19F5N6O2/c1-31-17-11(15(30-31)10-8-12(21(24,25)26)14(23)16(33)13(10)22)9-28-19(29-17)32-6-3-20(4-7-32)2-5-27-18(20)34/h8-9,33H,2-7H2,1H3,(H,27,34). The lowest BCUT2D eigenvalue weighted by Gasteiger charge is -2.37. The van der Waals surface area contributed by atoms with E-state index in [0.29, 0.717) is 38.4 Å². The van der Waals surface area contributed by atoms with Crippen LogP contribution in [-0.4, -0.2) is 50.4 Å². The molecule has 2 saturated heterocycles. The Labute approximate surface area is 189 Å². The largest absolute Gasteiger partial charge is 0.503 e. The molecule has 2 aromatic heterocycles. The SMILES string of the molecule is Cn1nc(-c2cc(C(F)(F)F)c(F)c(O)c2F)c2cnc(N3CCC4(CCNC4=O)CC3)nc21. The lowest BCUT2D eigenvalue weighted by molar-refractivity contribution is -0.140. The smallest absolute Gasteiger partial charge is 0.419 e. The molecule has 2 N–H and O–H groups in total. The maximum atomic E-state index is 14.6. The number of hydrogen-bond acceptors (Lipinski definition) is 6. The van der Waals surface area contributed by atoms with E-state index in [9.17, 15) is 31.9 Å². The van der Waals surface area contributed by atoms with E-state index in [-0.39, 0.29) is 34.1 Å². The van der Waals surface area contributed by atoms with Crippen molar-refractivity contribution < 1.29 is 31.9 Å². The second-order valence-electron chi connectivity index (χ2n) is 8.60. The van der Waals surface area contributed by atoms with Crippen molar-refractivity contribution in [3.63, 3.8) is 0 Å². The highest BCUT2D eigenvalue weighted by Crippen LogP contribution is 2.42. The summed E-state index contributed by atoms with van der Waals surface area (Å²) in [5, 5.41) is 16.7. The molecular formula is C21H19F5N6O2. The monoisotopic (exact) mass is 482 g/mol. The van der Waals surface area contributed by atoms with Gasteiger partial charge in [-0.25, -0.2) is 18.4 Å². The van der Waals surface area contributed by atoms with Gasteiger partial charge in [0, 0.05) is 38.4 Å². The number of amides is 1. The van der Waals surface area contributed by atoms with Crippen molar-refractivity contribution in [2.75, 3.05) is 24.5 Å². The summed E-state index contributed by atoms with van der Waals surface area (Å²) in [5.41, 5.74) is -2.95. The van der Waals surface area contributed by atoms with Crippen molar-refractivity contribution in [3.05, 3.63) is 29.5 Å². The van der Waals surface area contributed by atoms with Crippen LogP contribution in [0, 0.1) is 17.0 Å². The summed E-state index contributed by atoms with van der Waals surface area (Å²) >= 11 is 0. The maximum absolute atomic E-state index is 14.6. The third-order valence-electron chi connectivity index (χ3n) is 6.68. The molecule has 0 unspecified atom stereocenters. The molecular weight excluding hydrogens is 463 g/mol. The highest BCUT2D eigenvalue weighted by atomic mass is 19.4. The molecule has 1 aromatic carbocycles. The molecule has 2 aliphatic rings. The number of fused-ring (bicyclic) bond motifs is 1. The van der Waals surface area contributed by atoms with Crippen molar-refractivity contribution >= 4 is 22.9 Å². The number of benzene rings is 1. The van der Waals surface area contributed by atoms with E-state index < -0.39 is 34.7 Å². The van der Waals surface area contributed by atoms with Gasteiger partial charge >= 0.3 is 6.18 Å². The lowest BCUT2D eigenvalue weighted by Crippen LogP contribution is -2.44. The Balaban J connectivity index is 1.52. The second kappa shape index (κ2) is 7.50. The Bertz CT molecular complexity index is 1310. The van der Waals surface area contributed by atoms with Crippen molar-refractivity contribution in [2.24, 2.45) is 12.5 Å². The first-order valence-corrected chi connectivity index (χ1v) is 10.5. The molecule has 180 valence electrons. The number of halogens is 5. The summed E-state index contributed by atoms with van der Waals surface area (Å²) in [4.78, 5) is 22.8. The Morgan fingerprint density at radius 2 is 1.85 bits per heavy atom. The average Bonchev–Trinajstić information content (AvgIpc) is 3.31. The number of aromatic hydroxyl groups is 1. The summed E-state index contributed by atoms with van der Waals surface area (Å²) < 4.78 is 69.4. The Morgan fingerprint density at radius 3 is 2.47 bits per heavy atom. The Morgan fingerprint density at radius 1 is 1.15 bits per heavy atom. The Kier molecular flexibility index (Phi) is 4.92. The predicted octanol–water partition coefficient (Wildman–Crippen LogP) is 3.14. The van der Waals surface area contributed by atoms with Gasteiger partial charge in [-0.05, 0) is 25.3 Å². The zero-order valence-corrected chi connectivity index (χ0v) is 17.9. The first-order chi connectivity index (χ1) is 16.0. The molecule has 2 aliphatic heterocycles. The molecule has 0 atom stereocenters. The summed E-state index contributed by atoms with van der Waals surface area (Å²) in [6.45, 7) is 1.74. The van der Waals surface area contributed by atoms with Gasteiger partial charge < -0.3 is 15.3 Å². The van der Waals surface area contributed by atoms with E-state index in [4.69, 9.17) is 0 Å². The van der Waals surface area contributed by atoms with Crippen LogP contribution in [0.1, 0.15) is 24.8 Å². The number of aromatic nitrogens is 4. The number of nitrogens with one attached hydrogen (secondary N) is 1. The highest BCUT2D eigenvalue weighted by molar-refractivity contribution is 5.92. The fraction of sp³-hybridized carbons (Fsp3) is 0.429. The molecule has 4 heterocycles.